The highest BCUT2D eigenvalue weighted by Crippen LogP contribution is 2.23. The van der Waals surface area contributed by atoms with Gasteiger partial charge >= 0.3 is 0 Å². The van der Waals surface area contributed by atoms with E-state index in [1.165, 1.54) is 11.8 Å². The maximum absolute atomic E-state index is 13.3. The fourth-order valence-corrected chi connectivity index (χ4v) is 4.40. The van der Waals surface area contributed by atoms with Crippen molar-refractivity contribution >= 4 is 34.3 Å². The average molecular weight is 460 g/mol. The molecule has 7 heteroatoms. The van der Waals surface area contributed by atoms with E-state index < -0.39 is 0 Å². The lowest BCUT2D eigenvalue weighted by Crippen LogP contribution is -2.25. The summed E-state index contributed by atoms with van der Waals surface area (Å²) >= 11 is 1.25. The number of hydrogen-bond donors (Lipinski definition) is 1. The highest BCUT2D eigenvalue weighted by atomic mass is 32.2. The van der Waals surface area contributed by atoms with Crippen LogP contribution in [0, 0.1) is 0 Å². The molecular formula is C26H25N3O3S. The Morgan fingerprint density at radius 2 is 1.85 bits per heavy atom. The number of hydrogen-bond acceptors (Lipinski definition) is 5. The van der Waals surface area contributed by atoms with Gasteiger partial charge in [-0.2, -0.15) is 0 Å². The van der Waals surface area contributed by atoms with Crippen LogP contribution in [0.5, 0.6) is 5.75 Å². The van der Waals surface area contributed by atoms with Gasteiger partial charge in [-0.3, -0.25) is 14.2 Å². The van der Waals surface area contributed by atoms with Gasteiger partial charge in [0.1, 0.15) is 5.75 Å². The van der Waals surface area contributed by atoms with E-state index in [0.717, 1.165) is 23.2 Å². The minimum Gasteiger partial charge on any atom is -0.496 e. The Morgan fingerprint density at radius 3 is 2.67 bits per heavy atom. The number of aromatic nitrogens is 2. The first-order valence-electron chi connectivity index (χ1n) is 10.7. The minimum absolute atomic E-state index is 0.132. The second-order valence-electron chi connectivity index (χ2n) is 7.51. The first kappa shape index (κ1) is 22.6. The molecule has 0 spiro atoms. The van der Waals surface area contributed by atoms with Gasteiger partial charge in [0.25, 0.3) is 5.56 Å². The number of amides is 1. The molecule has 33 heavy (non-hydrogen) atoms. The molecule has 0 aliphatic carbocycles. The van der Waals surface area contributed by atoms with E-state index >= 15 is 0 Å². The third kappa shape index (κ3) is 5.26. The predicted octanol–water partition coefficient (Wildman–Crippen LogP) is 4.75. The van der Waals surface area contributed by atoms with Crippen LogP contribution >= 0.6 is 11.8 Å². The number of benzene rings is 3. The fraction of sp³-hybridized carbons (Fsp3) is 0.192. The van der Waals surface area contributed by atoms with Gasteiger partial charge in [-0.05, 0) is 42.3 Å². The number of thioether (sulfide) groups is 1. The number of ether oxygens (including phenoxy) is 1. The van der Waals surface area contributed by atoms with Crippen molar-refractivity contribution in [2.75, 3.05) is 18.2 Å². The molecule has 1 amide bonds. The molecule has 0 aliphatic heterocycles. The molecule has 0 saturated carbocycles. The molecule has 0 unspecified atom stereocenters. The summed E-state index contributed by atoms with van der Waals surface area (Å²) in [6.45, 7) is 2.37. The number of methoxy groups -OCH3 is 1. The Hall–Kier alpha value is -3.58. The number of nitrogens with zero attached hydrogens (tertiary/aromatic N) is 2. The molecule has 1 aromatic heterocycles. The second-order valence-corrected chi connectivity index (χ2v) is 8.45. The van der Waals surface area contributed by atoms with Crippen LogP contribution in [0.3, 0.4) is 0 Å². The number of aryl methyl sites for hydroxylation is 1. The van der Waals surface area contributed by atoms with Crippen LogP contribution in [-0.4, -0.2) is 28.3 Å². The number of para-hydroxylation sites is 2. The molecule has 0 atom stereocenters. The van der Waals surface area contributed by atoms with E-state index in [2.05, 4.69) is 12.2 Å². The zero-order valence-electron chi connectivity index (χ0n) is 18.6. The van der Waals surface area contributed by atoms with Crippen LogP contribution < -0.4 is 15.6 Å². The van der Waals surface area contributed by atoms with Gasteiger partial charge in [-0.15, -0.1) is 0 Å². The lowest BCUT2D eigenvalue weighted by atomic mass is 10.1. The van der Waals surface area contributed by atoms with Crippen molar-refractivity contribution < 1.29 is 9.53 Å². The summed E-state index contributed by atoms with van der Waals surface area (Å²) in [5.41, 5.74) is 3.24. The predicted molar refractivity (Wildman–Crippen MR) is 133 cm³/mol. The van der Waals surface area contributed by atoms with Crippen molar-refractivity contribution in [3.05, 3.63) is 94.3 Å². The maximum atomic E-state index is 13.3. The molecule has 0 saturated heterocycles. The van der Waals surface area contributed by atoms with Crippen molar-refractivity contribution in [3.8, 4) is 5.75 Å². The SMILES string of the molecule is CCc1cccc(NC(=O)CSc2nc3ccccc3c(=O)n2Cc2ccccc2OC)c1. The largest absolute Gasteiger partial charge is 0.496 e. The van der Waals surface area contributed by atoms with Gasteiger partial charge in [0.05, 0.1) is 30.3 Å². The van der Waals surface area contributed by atoms with E-state index in [1.54, 1.807) is 17.7 Å². The zero-order chi connectivity index (χ0) is 23.2. The van der Waals surface area contributed by atoms with Crippen LogP contribution in [0.2, 0.25) is 0 Å². The van der Waals surface area contributed by atoms with E-state index in [1.807, 2.05) is 66.7 Å². The van der Waals surface area contributed by atoms with E-state index in [4.69, 9.17) is 9.72 Å². The van der Waals surface area contributed by atoms with Crippen molar-refractivity contribution in [2.24, 2.45) is 0 Å². The molecule has 0 bridgehead atoms. The Morgan fingerprint density at radius 1 is 1.06 bits per heavy atom. The Bertz CT molecular complexity index is 1350. The lowest BCUT2D eigenvalue weighted by Gasteiger charge is -2.15. The van der Waals surface area contributed by atoms with Crippen LogP contribution in [0.4, 0.5) is 5.69 Å². The summed E-state index contributed by atoms with van der Waals surface area (Å²) in [6, 6.07) is 22.6. The molecule has 0 fully saturated rings. The first-order chi connectivity index (χ1) is 16.1. The molecule has 1 N–H and O–H groups in total. The molecule has 4 aromatic rings. The van der Waals surface area contributed by atoms with Gasteiger partial charge in [0.15, 0.2) is 5.16 Å². The topological polar surface area (TPSA) is 73.2 Å². The Balaban J connectivity index is 1.62. The van der Waals surface area contributed by atoms with Crippen molar-refractivity contribution in [1.29, 1.82) is 0 Å². The first-order valence-corrected chi connectivity index (χ1v) is 11.7. The second kappa shape index (κ2) is 10.4. The number of anilines is 1. The molecule has 3 aromatic carbocycles. The summed E-state index contributed by atoms with van der Waals surface area (Å²) in [7, 11) is 1.60. The lowest BCUT2D eigenvalue weighted by molar-refractivity contribution is -0.113. The zero-order valence-corrected chi connectivity index (χ0v) is 19.4. The molecule has 6 nitrogen and oxygen atoms in total. The summed E-state index contributed by atoms with van der Waals surface area (Å²) in [4.78, 5) is 30.7. The number of carbonyl (C=O) groups excluding carboxylic acids is 1. The van der Waals surface area contributed by atoms with Crippen LogP contribution in [0.25, 0.3) is 10.9 Å². The van der Waals surface area contributed by atoms with Crippen molar-refractivity contribution in [2.45, 2.75) is 25.0 Å². The van der Waals surface area contributed by atoms with Gasteiger partial charge < -0.3 is 10.1 Å². The smallest absolute Gasteiger partial charge is 0.262 e. The van der Waals surface area contributed by atoms with Crippen LogP contribution in [0.1, 0.15) is 18.1 Å². The average Bonchev–Trinajstić information content (AvgIpc) is 2.85. The highest BCUT2D eigenvalue weighted by molar-refractivity contribution is 7.99. The molecule has 1 heterocycles. The number of carbonyl (C=O) groups is 1. The normalized spacial score (nSPS) is 10.8. The monoisotopic (exact) mass is 459 g/mol. The Labute approximate surface area is 196 Å². The van der Waals surface area contributed by atoms with Gasteiger partial charge in [-0.1, -0.05) is 61.2 Å². The number of rotatable bonds is 8. The molecular weight excluding hydrogens is 434 g/mol. The highest BCUT2D eigenvalue weighted by Gasteiger charge is 2.15. The molecule has 0 aliphatic rings. The van der Waals surface area contributed by atoms with Crippen molar-refractivity contribution in [1.82, 2.24) is 9.55 Å². The van der Waals surface area contributed by atoms with Gasteiger partial charge in [-0.25, -0.2) is 4.98 Å². The Kier molecular flexibility index (Phi) is 7.10. The summed E-state index contributed by atoms with van der Waals surface area (Å²) in [5, 5.41) is 3.96. The van der Waals surface area contributed by atoms with Crippen LogP contribution in [0.15, 0.2) is 82.7 Å². The standard InChI is InChI=1S/C26H25N3O3S/c1-3-18-9-8-11-20(15-18)27-24(30)17-33-26-28-22-13-6-5-12-21(22)25(31)29(26)16-19-10-4-7-14-23(19)32-2/h4-15H,3,16-17H2,1-2H3,(H,27,30). The third-order valence-corrected chi connectivity index (χ3v) is 6.28. The van der Waals surface area contributed by atoms with E-state index in [-0.39, 0.29) is 17.2 Å². The van der Waals surface area contributed by atoms with Crippen LogP contribution in [-0.2, 0) is 17.8 Å². The van der Waals surface area contributed by atoms with Gasteiger partial charge in [0, 0.05) is 11.3 Å². The molecule has 0 radical (unpaired) electrons. The van der Waals surface area contributed by atoms with Crippen molar-refractivity contribution in [3.63, 3.8) is 0 Å². The number of nitrogens with one attached hydrogen (secondary N) is 1. The number of fused-ring (bicyclic) bond motifs is 1. The maximum Gasteiger partial charge on any atom is 0.262 e. The molecule has 4 rings (SSSR count). The van der Waals surface area contributed by atoms with E-state index in [9.17, 15) is 9.59 Å². The van der Waals surface area contributed by atoms with Gasteiger partial charge in [0.2, 0.25) is 5.91 Å². The third-order valence-electron chi connectivity index (χ3n) is 5.30. The quantitative estimate of drug-likeness (QED) is 0.304. The minimum atomic E-state index is -0.153. The van der Waals surface area contributed by atoms with E-state index in [0.29, 0.717) is 28.4 Å². The summed E-state index contributed by atoms with van der Waals surface area (Å²) in [5.74, 6) is 0.675. The fourth-order valence-electron chi connectivity index (χ4n) is 3.60. The summed E-state index contributed by atoms with van der Waals surface area (Å²) in [6.07, 6.45) is 0.898. The molecule has 168 valence electrons. The summed E-state index contributed by atoms with van der Waals surface area (Å²) < 4.78 is 7.07.